The Morgan fingerprint density at radius 2 is 1.94 bits per heavy atom. The zero-order valence-electron chi connectivity index (χ0n) is 20.0. The fourth-order valence-corrected chi connectivity index (χ4v) is 5.19. The number of aliphatic imine (C=N–C) groups is 1. The van der Waals surface area contributed by atoms with Gasteiger partial charge in [-0.15, -0.1) is 0 Å². The molecule has 1 aromatic rings. The Labute approximate surface area is 202 Å². The summed E-state index contributed by atoms with van der Waals surface area (Å²) in [7, 11) is 0. The largest absolute Gasteiger partial charge is 0.381 e. The SMILES string of the molecule is CC1=CC2=NC(=O)c3cnn(C4CCOCC4)c3C2=CC1C(=O)N1CCC(OCC(C)(F)F)CC1. The number of likely N-dealkylation sites (tertiary alicyclic amines) is 1. The lowest BCUT2D eigenvalue weighted by Crippen LogP contribution is -2.44. The molecule has 188 valence electrons. The summed E-state index contributed by atoms with van der Waals surface area (Å²) in [5.41, 5.74) is 3.31. The molecule has 2 saturated heterocycles. The van der Waals surface area contributed by atoms with Crippen molar-refractivity contribution < 1.29 is 27.8 Å². The first kappa shape index (κ1) is 24.0. The van der Waals surface area contributed by atoms with Gasteiger partial charge in [0, 0.05) is 38.8 Å². The maximum atomic E-state index is 13.5. The second kappa shape index (κ2) is 9.39. The number of fused-ring (bicyclic) bond motifs is 3. The Hall–Kier alpha value is -2.72. The normalized spacial score (nSPS) is 23.9. The van der Waals surface area contributed by atoms with Crippen LogP contribution in [0.25, 0.3) is 5.57 Å². The van der Waals surface area contributed by atoms with Gasteiger partial charge in [0.15, 0.2) is 0 Å². The van der Waals surface area contributed by atoms with Gasteiger partial charge in [0.2, 0.25) is 5.91 Å². The van der Waals surface area contributed by atoms with Crippen LogP contribution < -0.4 is 0 Å². The first-order chi connectivity index (χ1) is 16.7. The van der Waals surface area contributed by atoms with Gasteiger partial charge in [-0.25, -0.2) is 13.8 Å². The molecule has 2 amide bonds. The van der Waals surface area contributed by atoms with Crippen LogP contribution in [0.1, 0.15) is 61.6 Å². The number of amides is 2. The van der Waals surface area contributed by atoms with Gasteiger partial charge < -0.3 is 14.4 Å². The molecule has 10 heteroatoms. The number of halogens is 2. The number of hydrogen-bond acceptors (Lipinski definition) is 5. The van der Waals surface area contributed by atoms with Crippen LogP contribution in [0.2, 0.25) is 0 Å². The van der Waals surface area contributed by atoms with E-state index in [1.165, 1.54) is 0 Å². The molecule has 4 heterocycles. The minimum Gasteiger partial charge on any atom is -0.381 e. The van der Waals surface area contributed by atoms with E-state index in [1.54, 1.807) is 11.1 Å². The lowest BCUT2D eigenvalue weighted by Gasteiger charge is -2.35. The Morgan fingerprint density at radius 3 is 2.63 bits per heavy atom. The highest BCUT2D eigenvalue weighted by Gasteiger charge is 2.37. The molecule has 1 aliphatic carbocycles. The number of rotatable bonds is 5. The number of carbonyl (C=O) groups is 2. The summed E-state index contributed by atoms with van der Waals surface area (Å²) in [5, 5.41) is 4.53. The predicted molar refractivity (Wildman–Crippen MR) is 124 cm³/mol. The quantitative estimate of drug-likeness (QED) is 0.634. The average Bonchev–Trinajstić information content (AvgIpc) is 3.29. The number of ether oxygens (including phenoxy) is 2. The van der Waals surface area contributed by atoms with Crippen molar-refractivity contribution in [1.82, 2.24) is 14.7 Å². The van der Waals surface area contributed by atoms with E-state index in [0.29, 0.717) is 50.4 Å². The van der Waals surface area contributed by atoms with Crippen molar-refractivity contribution in [2.75, 3.05) is 32.9 Å². The topological polar surface area (TPSA) is 86.0 Å². The molecule has 0 bridgehead atoms. The van der Waals surface area contributed by atoms with Gasteiger partial charge in [-0.1, -0.05) is 11.6 Å². The highest BCUT2D eigenvalue weighted by molar-refractivity contribution is 6.36. The molecule has 2 fully saturated rings. The summed E-state index contributed by atoms with van der Waals surface area (Å²) in [5.74, 6) is -3.71. The Kier molecular flexibility index (Phi) is 6.43. The van der Waals surface area contributed by atoms with Gasteiger partial charge in [-0.3, -0.25) is 14.3 Å². The summed E-state index contributed by atoms with van der Waals surface area (Å²) < 4.78 is 39.0. The van der Waals surface area contributed by atoms with Crippen molar-refractivity contribution in [2.45, 2.75) is 57.6 Å². The van der Waals surface area contributed by atoms with Gasteiger partial charge in [-0.2, -0.15) is 5.10 Å². The molecular formula is C25H30F2N4O4. The Morgan fingerprint density at radius 1 is 1.23 bits per heavy atom. The second-order valence-corrected chi connectivity index (χ2v) is 9.85. The summed E-state index contributed by atoms with van der Waals surface area (Å²) in [4.78, 5) is 32.2. The minimum absolute atomic E-state index is 0.0415. The standard InChI is InChI=1S/C25H30F2N4O4/c1-15-11-21-19(22-20(23(32)29-21)13-28-31(22)16-5-9-34-10-6-16)12-18(15)24(33)30-7-3-17(4-8-30)35-14-25(2,26)27/h11-13,16-18H,3-10,14H2,1-2H3. The fourth-order valence-electron chi connectivity index (χ4n) is 5.19. The maximum absolute atomic E-state index is 13.5. The number of piperidine rings is 1. The third-order valence-corrected chi connectivity index (χ3v) is 7.10. The van der Waals surface area contributed by atoms with Crippen molar-refractivity contribution in [1.29, 1.82) is 0 Å². The van der Waals surface area contributed by atoms with Gasteiger partial charge in [0.1, 0.15) is 6.61 Å². The van der Waals surface area contributed by atoms with Gasteiger partial charge in [-0.05, 0) is 38.7 Å². The third-order valence-electron chi connectivity index (χ3n) is 7.10. The predicted octanol–water partition coefficient (Wildman–Crippen LogP) is 3.45. The van der Waals surface area contributed by atoms with Crippen molar-refractivity contribution in [2.24, 2.45) is 10.9 Å². The van der Waals surface area contributed by atoms with E-state index in [2.05, 4.69) is 10.1 Å². The Balaban J connectivity index is 1.36. The van der Waals surface area contributed by atoms with E-state index in [4.69, 9.17) is 9.47 Å². The second-order valence-electron chi connectivity index (χ2n) is 9.85. The van der Waals surface area contributed by atoms with Crippen LogP contribution in [0.5, 0.6) is 0 Å². The van der Waals surface area contributed by atoms with Crippen LogP contribution in [0, 0.1) is 5.92 Å². The van der Waals surface area contributed by atoms with E-state index in [0.717, 1.165) is 36.6 Å². The van der Waals surface area contributed by atoms with Gasteiger partial charge in [0.25, 0.3) is 11.8 Å². The van der Waals surface area contributed by atoms with Crippen molar-refractivity contribution in [3.63, 3.8) is 0 Å². The van der Waals surface area contributed by atoms with E-state index >= 15 is 0 Å². The van der Waals surface area contributed by atoms with Crippen LogP contribution in [0.3, 0.4) is 0 Å². The molecule has 0 saturated carbocycles. The molecule has 8 nitrogen and oxygen atoms in total. The van der Waals surface area contributed by atoms with Crippen LogP contribution in [-0.2, 0) is 14.3 Å². The monoisotopic (exact) mass is 488 g/mol. The molecule has 5 rings (SSSR count). The number of hydrogen-bond donors (Lipinski definition) is 0. The third kappa shape index (κ3) is 4.86. The number of allylic oxidation sites excluding steroid dienone is 2. The smallest absolute Gasteiger partial charge is 0.281 e. The molecule has 0 spiro atoms. The molecular weight excluding hydrogens is 458 g/mol. The van der Waals surface area contributed by atoms with Gasteiger partial charge >= 0.3 is 0 Å². The van der Waals surface area contributed by atoms with Crippen molar-refractivity contribution >= 4 is 23.1 Å². The lowest BCUT2D eigenvalue weighted by atomic mass is 9.84. The first-order valence-corrected chi connectivity index (χ1v) is 12.2. The summed E-state index contributed by atoms with van der Waals surface area (Å²) >= 11 is 0. The molecule has 1 aromatic heterocycles. The fraction of sp³-hybridized carbons (Fsp3) is 0.600. The number of alkyl halides is 2. The molecule has 4 aliphatic rings. The van der Waals surface area contributed by atoms with E-state index < -0.39 is 18.4 Å². The highest BCUT2D eigenvalue weighted by Crippen LogP contribution is 2.37. The number of carbonyl (C=O) groups excluding carboxylic acids is 2. The van der Waals surface area contributed by atoms with E-state index in [9.17, 15) is 18.4 Å². The molecule has 0 N–H and O–H groups in total. The molecule has 1 unspecified atom stereocenters. The number of nitrogens with zero attached hydrogens (tertiary/aromatic N) is 4. The van der Waals surface area contributed by atoms with Crippen LogP contribution in [-0.4, -0.2) is 77.1 Å². The lowest BCUT2D eigenvalue weighted by molar-refractivity contribution is -0.138. The molecule has 35 heavy (non-hydrogen) atoms. The molecule has 3 aliphatic heterocycles. The zero-order valence-corrected chi connectivity index (χ0v) is 20.0. The van der Waals surface area contributed by atoms with Gasteiger partial charge in [0.05, 0.1) is 41.2 Å². The van der Waals surface area contributed by atoms with Crippen LogP contribution >= 0.6 is 0 Å². The van der Waals surface area contributed by atoms with Crippen molar-refractivity contribution in [3.8, 4) is 0 Å². The van der Waals surface area contributed by atoms with E-state index in [-0.39, 0.29) is 24.0 Å². The van der Waals surface area contributed by atoms with E-state index in [1.807, 2.05) is 23.8 Å². The Bertz CT molecular complexity index is 1100. The first-order valence-electron chi connectivity index (χ1n) is 12.2. The molecule has 0 aromatic carbocycles. The molecule has 0 radical (unpaired) electrons. The van der Waals surface area contributed by atoms with Crippen LogP contribution in [0.15, 0.2) is 28.9 Å². The summed E-state index contributed by atoms with van der Waals surface area (Å²) in [6.45, 7) is 4.30. The maximum Gasteiger partial charge on any atom is 0.281 e. The molecule has 1 atom stereocenters. The van der Waals surface area contributed by atoms with Crippen LogP contribution in [0.4, 0.5) is 8.78 Å². The zero-order chi connectivity index (χ0) is 24.7. The average molecular weight is 489 g/mol. The number of aromatic nitrogens is 2. The van der Waals surface area contributed by atoms with Crippen molar-refractivity contribution in [3.05, 3.63) is 35.2 Å². The minimum atomic E-state index is -2.86. The summed E-state index contributed by atoms with van der Waals surface area (Å²) in [6.07, 6.45) is 7.68. The highest BCUT2D eigenvalue weighted by atomic mass is 19.3. The summed E-state index contributed by atoms with van der Waals surface area (Å²) in [6, 6.07) is 0.122.